The Morgan fingerprint density at radius 3 is 3.05 bits per heavy atom. The lowest BCUT2D eigenvalue weighted by Crippen LogP contribution is -2.38. The van der Waals surface area contributed by atoms with Gasteiger partial charge in [0.2, 0.25) is 0 Å². The number of hydrogen-bond acceptors (Lipinski definition) is 5. The van der Waals surface area contributed by atoms with Crippen molar-refractivity contribution in [3.8, 4) is 5.75 Å². The van der Waals surface area contributed by atoms with Crippen molar-refractivity contribution < 1.29 is 23.8 Å². The molecule has 0 spiro atoms. The molecule has 1 saturated heterocycles. The van der Waals surface area contributed by atoms with Gasteiger partial charge in [0.05, 0.1) is 18.8 Å². The summed E-state index contributed by atoms with van der Waals surface area (Å²) in [5, 5.41) is 0. The van der Waals surface area contributed by atoms with Crippen molar-refractivity contribution in [2.24, 2.45) is 0 Å². The Morgan fingerprint density at radius 2 is 2.32 bits per heavy atom. The molecule has 3 rings (SSSR count). The number of fused-ring (bicyclic) bond motifs is 1. The lowest BCUT2D eigenvalue weighted by Gasteiger charge is -2.23. The fourth-order valence-electron chi connectivity index (χ4n) is 2.81. The van der Waals surface area contributed by atoms with Crippen LogP contribution in [0.1, 0.15) is 28.8 Å². The van der Waals surface area contributed by atoms with Gasteiger partial charge >= 0.3 is 5.97 Å². The topological polar surface area (TPSA) is 65.1 Å². The monoisotopic (exact) mass is 305 g/mol. The summed E-state index contributed by atoms with van der Waals surface area (Å²) in [5.41, 5.74) is 1.27. The Balaban J connectivity index is 1.80. The molecule has 1 aromatic rings. The zero-order valence-electron chi connectivity index (χ0n) is 12.5. The first kappa shape index (κ1) is 14.8. The molecule has 0 radical (unpaired) electrons. The molecule has 1 amide bonds. The van der Waals surface area contributed by atoms with Crippen LogP contribution in [0, 0.1) is 0 Å². The van der Waals surface area contributed by atoms with Crippen molar-refractivity contribution in [2.45, 2.75) is 25.5 Å². The predicted molar refractivity (Wildman–Crippen MR) is 77.7 cm³/mol. The van der Waals surface area contributed by atoms with Crippen molar-refractivity contribution in [1.29, 1.82) is 0 Å². The van der Waals surface area contributed by atoms with Gasteiger partial charge in [0.1, 0.15) is 5.75 Å². The fourth-order valence-corrected chi connectivity index (χ4v) is 2.81. The van der Waals surface area contributed by atoms with Crippen LogP contribution in [0.2, 0.25) is 0 Å². The second-order valence-corrected chi connectivity index (χ2v) is 5.51. The van der Waals surface area contributed by atoms with Gasteiger partial charge in [-0.3, -0.25) is 4.79 Å². The summed E-state index contributed by atoms with van der Waals surface area (Å²) >= 11 is 0. The molecule has 22 heavy (non-hydrogen) atoms. The highest BCUT2D eigenvalue weighted by Crippen LogP contribution is 2.26. The number of ether oxygens (including phenoxy) is 3. The average Bonchev–Trinajstić information content (AvgIpc) is 2.99. The molecule has 118 valence electrons. The minimum Gasteiger partial charge on any atom is -0.483 e. The molecular weight excluding hydrogens is 286 g/mol. The fraction of sp³-hybridized carbons (Fsp3) is 0.500. The summed E-state index contributed by atoms with van der Waals surface area (Å²) in [4.78, 5) is 25.6. The molecule has 0 bridgehead atoms. The summed E-state index contributed by atoms with van der Waals surface area (Å²) in [7, 11) is 1.35. The summed E-state index contributed by atoms with van der Waals surface area (Å²) < 4.78 is 15.9. The third-order valence-electron chi connectivity index (χ3n) is 3.99. The van der Waals surface area contributed by atoms with E-state index in [1.807, 2.05) is 0 Å². The van der Waals surface area contributed by atoms with E-state index in [0.717, 1.165) is 25.0 Å². The quantitative estimate of drug-likeness (QED) is 0.789. The Morgan fingerprint density at radius 1 is 1.45 bits per heavy atom. The number of nitrogens with zero attached hydrogens (tertiary/aromatic N) is 1. The summed E-state index contributed by atoms with van der Waals surface area (Å²) in [5.74, 6) is 0.172. The van der Waals surface area contributed by atoms with Gasteiger partial charge in [-0.05, 0) is 31.0 Å². The van der Waals surface area contributed by atoms with E-state index < -0.39 is 5.97 Å². The van der Waals surface area contributed by atoms with Crippen molar-refractivity contribution in [2.75, 3.05) is 26.9 Å². The molecule has 0 aliphatic carbocycles. The normalized spacial score (nSPS) is 21.0. The van der Waals surface area contributed by atoms with Crippen LogP contribution in [0.3, 0.4) is 0 Å². The van der Waals surface area contributed by atoms with Gasteiger partial charge in [-0.15, -0.1) is 0 Å². The molecule has 1 fully saturated rings. The first-order valence-electron chi connectivity index (χ1n) is 7.41. The standard InChI is InChI=1S/C16H19NO5/c1-20-16(19)11-4-5-14-12(7-11)8-17(15(18)10-22-14)9-13-3-2-6-21-13/h4-5,7,13H,2-3,6,8-10H2,1H3. The van der Waals surface area contributed by atoms with Crippen LogP contribution in [-0.2, 0) is 20.8 Å². The van der Waals surface area contributed by atoms with E-state index in [1.54, 1.807) is 23.1 Å². The molecule has 2 aliphatic heterocycles. The van der Waals surface area contributed by atoms with Crippen LogP contribution in [0.5, 0.6) is 5.75 Å². The maximum absolute atomic E-state index is 12.2. The Labute approximate surface area is 128 Å². The molecule has 0 N–H and O–H groups in total. The first-order valence-corrected chi connectivity index (χ1v) is 7.41. The van der Waals surface area contributed by atoms with E-state index in [1.165, 1.54) is 7.11 Å². The van der Waals surface area contributed by atoms with Crippen LogP contribution in [-0.4, -0.2) is 49.7 Å². The smallest absolute Gasteiger partial charge is 0.337 e. The SMILES string of the molecule is COC(=O)c1ccc2c(c1)CN(CC1CCCO1)C(=O)CO2. The van der Waals surface area contributed by atoms with Gasteiger partial charge in [-0.2, -0.15) is 0 Å². The van der Waals surface area contributed by atoms with E-state index in [-0.39, 0.29) is 18.6 Å². The van der Waals surface area contributed by atoms with Crippen molar-refractivity contribution in [3.63, 3.8) is 0 Å². The Kier molecular flexibility index (Phi) is 4.29. The molecule has 1 atom stereocenters. The first-order chi connectivity index (χ1) is 10.7. The number of rotatable bonds is 3. The van der Waals surface area contributed by atoms with E-state index >= 15 is 0 Å². The molecule has 0 aromatic heterocycles. The highest BCUT2D eigenvalue weighted by molar-refractivity contribution is 5.90. The van der Waals surface area contributed by atoms with Crippen LogP contribution in [0.4, 0.5) is 0 Å². The van der Waals surface area contributed by atoms with Crippen molar-refractivity contribution in [1.82, 2.24) is 4.90 Å². The number of carbonyl (C=O) groups is 2. The molecule has 2 aliphatic rings. The number of amides is 1. The molecule has 6 heteroatoms. The molecule has 1 aromatic carbocycles. The average molecular weight is 305 g/mol. The largest absolute Gasteiger partial charge is 0.483 e. The lowest BCUT2D eigenvalue weighted by atomic mass is 10.1. The van der Waals surface area contributed by atoms with Crippen molar-refractivity contribution in [3.05, 3.63) is 29.3 Å². The number of hydrogen-bond donors (Lipinski definition) is 0. The third-order valence-corrected chi connectivity index (χ3v) is 3.99. The van der Waals surface area contributed by atoms with E-state index in [0.29, 0.717) is 24.4 Å². The number of esters is 1. The maximum Gasteiger partial charge on any atom is 0.337 e. The van der Waals surface area contributed by atoms with Gasteiger partial charge < -0.3 is 19.1 Å². The summed E-state index contributed by atoms with van der Waals surface area (Å²) in [6, 6.07) is 5.08. The molecule has 2 heterocycles. The van der Waals surface area contributed by atoms with Gasteiger partial charge in [0.25, 0.3) is 5.91 Å². The minimum absolute atomic E-state index is 0.0112. The maximum atomic E-state index is 12.2. The summed E-state index contributed by atoms with van der Waals surface area (Å²) in [6.07, 6.45) is 2.10. The third kappa shape index (κ3) is 3.06. The van der Waals surface area contributed by atoms with E-state index in [2.05, 4.69) is 0 Å². The molecule has 0 saturated carbocycles. The van der Waals surface area contributed by atoms with E-state index in [9.17, 15) is 9.59 Å². The highest BCUT2D eigenvalue weighted by atomic mass is 16.5. The van der Waals surface area contributed by atoms with Crippen LogP contribution < -0.4 is 4.74 Å². The van der Waals surface area contributed by atoms with Crippen LogP contribution in [0.25, 0.3) is 0 Å². The second kappa shape index (κ2) is 6.36. The number of benzene rings is 1. The van der Waals surface area contributed by atoms with Gasteiger partial charge in [0, 0.05) is 25.3 Å². The predicted octanol–water partition coefficient (Wildman–Crippen LogP) is 1.37. The summed E-state index contributed by atoms with van der Waals surface area (Å²) in [6.45, 7) is 1.74. The molecular formula is C16H19NO5. The number of methoxy groups -OCH3 is 1. The number of carbonyl (C=O) groups excluding carboxylic acids is 2. The van der Waals surface area contributed by atoms with Crippen molar-refractivity contribution >= 4 is 11.9 Å². The Bertz CT molecular complexity index is 580. The van der Waals surface area contributed by atoms with Crippen LogP contribution in [0.15, 0.2) is 18.2 Å². The van der Waals surface area contributed by atoms with Gasteiger partial charge in [-0.25, -0.2) is 4.79 Å². The Hall–Kier alpha value is -2.08. The second-order valence-electron chi connectivity index (χ2n) is 5.51. The zero-order chi connectivity index (χ0) is 15.5. The lowest BCUT2D eigenvalue weighted by molar-refractivity contribution is -0.134. The zero-order valence-corrected chi connectivity index (χ0v) is 12.5. The van der Waals surface area contributed by atoms with E-state index in [4.69, 9.17) is 14.2 Å². The minimum atomic E-state index is -0.399. The van der Waals surface area contributed by atoms with Crippen LogP contribution >= 0.6 is 0 Å². The molecule has 1 unspecified atom stereocenters. The van der Waals surface area contributed by atoms with Gasteiger partial charge in [-0.1, -0.05) is 0 Å². The highest BCUT2D eigenvalue weighted by Gasteiger charge is 2.26. The molecule has 6 nitrogen and oxygen atoms in total. The van der Waals surface area contributed by atoms with Gasteiger partial charge in [0.15, 0.2) is 6.61 Å².